The summed E-state index contributed by atoms with van der Waals surface area (Å²) in [5.41, 5.74) is -0.602. The lowest BCUT2D eigenvalue weighted by Gasteiger charge is -2.03. The van der Waals surface area contributed by atoms with Crippen LogP contribution in [-0.4, -0.2) is 17.7 Å². The highest BCUT2D eigenvalue weighted by Crippen LogP contribution is 2.28. The Bertz CT molecular complexity index is 225. The van der Waals surface area contributed by atoms with Gasteiger partial charge in [-0.2, -0.15) is 13.2 Å². The molecule has 2 N–H and O–H groups in total. The van der Waals surface area contributed by atoms with E-state index in [2.05, 4.69) is 0 Å². The van der Waals surface area contributed by atoms with E-state index in [1.807, 2.05) is 0 Å². The van der Waals surface area contributed by atoms with Crippen molar-refractivity contribution in [3.63, 3.8) is 0 Å². The third-order valence-corrected chi connectivity index (χ3v) is 1.10. The monoisotopic (exact) mass is 191 g/mol. The first kappa shape index (κ1) is 12.0. The zero-order chi connectivity index (χ0) is 10.3. The summed E-state index contributed by atoms with van der Waals surface area (Å²) < 4.78 is 35.4. The molecule has 71 valence electrons. The van der Waals surface area contributed by atoms with Crippen LogP contribution in [0, 0.1) is 0 Å². The molecule has 1 aromatic carbocycles. The highest BCUT2D eigenvalue weighted by atomic mass is 19.4. The molecule has 1 rings (SSSR count). The minimum Gasteiger partial charge on any atom is -0.429 e. The third kappa shape index (κ3) is 5.27. The van der Waals surface area contributed by atoms with Gasteiger partial charge in [0, 0.05) is 0 Å². The van der Waals surface area contributed by atoms with Gasteiger partial charge in [0.1, 0.15) is 0 Å². The Balaban J connectivity index is 0.000000424. The average Bonchev–Trinajstić information content (AvgIpc) is 2.06. The van der Waals surface area contributed by atoms with Crippen LogP contribution in [0.5, 0.6) is 0 Å². The molecule has 13 heavy (non-hydrogen) atoms. The SMILES string of the molecule is FC(F)(F)c1ccccc1.O[B]O. The van der Waals surface area contributed by atoms with Crippen molar-refractivity contribution in [2.45, 2.75) is 6.18 Å². The van der Waals surface area contributed by atoms with Crippen molar-refractivity contribution >= 4 is 7.69 Å². The Morgan fingerprint density at radius 1 is 1.00 bits per heavy atom. The highest BCUT2D eigenvalue weighted by molar-refractivity contribution is 6.13. The minimum absolute atomic E-state index is 0. The summed E-state index contributed by atoms with van der Waals surface area (Å²) >= 11 is 0. The summed E-state index contributed by atoms with van der Waals surface area (Å²) in [6.07, 6.45) is -4.21. The predicted octanol–water partition coefficient (Wildman–Crippen LogP) is 1.21. The summed E-state index contributed by atoms with van der Waals surface area (Å²) in [5.74, 6) is 0. The second kappa shape index (κ2) is 5.61. The van der Waals surface area contributed by atoms with Crippen molar-refractivity contribution in [1.29, 1.82) is 0 Å². The van der Waals surface area contributed by atoms with Crippen LogP contribution in [0.25, 0.3) is 0 Å². The van der Waals surface area contributed by atoms with Crippen LogP contribution in [0.1, 0.15) is 5.56 Å². The van der Waals surface area contributed by atoms with Crippen LogP contribution in [-0.2, 0) is 6.18 Å². The molecule has 0 heterocycles. The topological polar surface area (TPSA) is 40.5 Å². The van der Waals surface area contributed by atoms with Gasteiger partial charge in [-0.25, -0.2) is 0 Å². The van der Waals surface area contributed by atoms with E-state index in [0.29, 0.717) is 0 Å². The smallest absolute Gasteiger partial charge is 0.429 e. The normalized spacial score (nSPS) is 9.92. The van der Waals surface area contributed by atoms with Gasteiger partial charge in [0.25, 0.3) is 0 Å². The van der Waals surface area contributed by atoms with E-state index >= 15 is 0 Å². The Morgan fingerprint density at radius 3 is 1.62 bits per heavy atom. The number of halogens is 3. The summed E-state index contributed by atoms with van der Waals surface area (Å²) in [6, 6.07) is 6.36. The van der Waals surface area contributed by atoms with Gasteiger partial charge in [-0.05, 0) is 0 Å². The molecule has 0 saturated carbocycles. The lowest BCUT2D eigenvalue weighted by molar-refractivity contribution is -0.137. The van der Waals surface area contributed by atoms with E-state index in [0.717, 1.165) is 12.1 Å². The molecule has 6 heteroatoms. The molecule has 0 aromatic heterocycles. The van der Waals surface area contributed by atoms with Gasteiger partial charge in [0.05, 0.1) is 5.56 Å². The van der Waals surface area contributed by atoms with E-state index in [9.17, 15) is 13.2 Å². The predicted molar refractivity (Wildman–Crippen MR) is 41.6 cm³/mol. The van der Waals surface area contributed by atoms with Crippen molar-refractivity contribution in [2.24, 2.45) is 0 Å². The van der Waals surface area contributed by atoms with Gasteiger partial charge < -0.3 is 10.0 Å². The number of rotatable bonds is 0. The molecule has 0 saturated heterocycles. The lowest BCUT2D eigenvalue weighted by Crippen LogP contribution is -2.03. The number of alkyl halides is 3. The fraction of sp³-hybridized carbons (Fsp3) is 0.143. The zero-order valence-corrected chi connectivity index (χ0v) is 6.49. The molecular weight excluding hydrogens is 184 g/mol. The standard InChI is InChI=1S/C7H5F3.BH2O2/c8-7(9,10)6-4-2-1-3-5-6;2-1-3/h1-5H;2-3H. The highest BCUT2D eigenvalue weighted by Gasteiger charge is 2.29. The Labute approximate surface area is 73.9 Å². The molecule has 0 amide bonds. The molecule has 2 nitrogen and oxygen atoms in total. The van der Waals surface area contributed by atoms with Crippen molar-refractivity contribution in [3.05, 3.63) is 35.9 Å². The largest absolute Gasteiger partial charge is 0.482 e. The van der Waals surface area contributed by atoms with E-state index in [-0.39, 0.29) is 7.69 Å². The fourth-order valence-electron chi connectivity index (χ4n) is 0.627. The first-order valence-electron chi connectivity index (χ1n) is 3.24. The van der Waals surface area contributed by atoms with Gasteiger partial charge in [0.2, 0.25) is 0 Å². The van der Waals surface area contributed by atoms with Crippen LogP contribution < -0.4 is 0 Å². The molecule has 0 spiro atoms. The summed E-state index contributed by atoms with van der Waals surface area (Å²) in [4.78, 5) is 0. The van der Waals surface area contributed by atoms with Crippen molar-refractivity contribution in [3.8, 4) is 0 Å². The van der Waals surface area contributed by atoms with Crippen LogP contribution in [0.4, 0.5) is 13.2 Å². The second-order valence-corrected chi connectivity index (χ2v) is 1.98. The maximum absolute atomic E-state index is 11.8. The van der Waals surface area contributed by atoms with Gasteiger partial charge in [-0.15, -0.1) is 0 Å². The first-order valence-corrected chi connectivity index (χ1v) is 3.24. The van der Waals surface area contributed by atoms with Crippen LogP contribution >= 0.6 is 0 Å². The number of benzene rings is 1. The van der Waals surface area contributed by atoms with Crippen LogP contribution in [0.3, 0.4) is 0 Å². The molecule has 1 aromatic rings. The fourth-order valence-corrected chi connectivity index (χ4v) is 0.627. The second-order valence-electron chi connectivity index (χ2n) is 1.98. The molecule has 0 aliphatic heterocycles. The zero-order valence-electron chi connectivity index (χ0n) is 6.49. The lowest BCUT2D eigenvalue weighted by atomic mass is 10.2. The molecular formula is C7H7BF3O2. The minimum atomic E-state index is -4.21. The van der Waals surface area contributed by atoms with E-state index in [1.54, 1.807) is 6.07 Å². The Morgan fingerprint density at radius 2 is 1.38 bits per heavy atom. The number of hydrogen-bond donors (Lipinski definition) is 2. The van der Waals surface area contributed by atoms with Gasteiger partial charge in [0.15, 0.2) is 0 Å². The van der Waals surface area contributed by atoms with Gasteiger partial charge in [-0.3, -0.25) is 0 Å². The first-order chi connectivity index (χ1) is 6.02. The van der Waals surface area contributed by atoms with Crippen molar-refractivity contribution < 1.29 is 23.2 Å². The van der Waals surface area contributed by atoms with Gasteiger partial charge in [-0.1, -0.05) is 30.3 Å². The van der Waals surface area contributed by atoms with E-state index in [4.69, 9.17) is 10.0 Å². The van der Waals surface area contributed by atoms with Crippen LogP contribution in [0.2, 0.25) is 0 Å². The van der Waals surface area contributed by atoms with Gasteiger partial charge >= 0.3 is 13.9 Å². The molecule has 0 aliphatic carbocycles. The summed E-state index contributed by atoms with van der Waals surface area (Å²) in [6.45, 7) is 0. The summed E-state index contributed by atoms with van der Waals surface area (Å²) in [7, 11) is 0. The Kier molecular flexibility index (Phi) is 5.17. The third-order valence-electron chi connectivity index (χ3n) is 1.10. The summed E-state index contributed by atoms with van der Waals surface area (Å²) in [5, 5.41) is 14.0. The van der Waals surface area contributed by atoms with E-state index < -0.39 is 11.7 Å². The van der Waals surface area contributed by atoms with Crippen molar-refractivity contribution in [2.75, 3.05) is 0 Å². The Hall–Kier alpha value is -1.01. The molecule has 1 radical (unpaired) electrons. The molecule has 0 atom stereocenters. The maximum Gasteiger partial charge on any atom is 0.482 e. The molecule has 0 aliphatic rings. The van der Waals surface area contributed by atoms with Crippen molar-refractivity contribution in [1.82, 2.24) is 0 Å². The quantitative estimate of drug-likeness (QED) is 0.605. The molecule has 0 fully saturated rings. The number of hydrogen-bond acceptors (Lipinski definition) is 2. The maximum atomic E-state index is 11.8. The average molecular weight is 191 g/mol. The molecule has 0 bridgehead atoms. The van der Waals surface area contributed by atoms with E-state index in [1.165, 1.54) is 12.1 Å². The van der Waals surface area contributed by atoms with Crippen LogP contribution in [0.15, 0.2) is 30.3 Å². The molecule has 0 unspecified atom stereocenters.